The van der Waals surface area contributed by atoms with Crippen LogP contribution in [0, 0.1) is 0 Å². The van der Waals surface area contributed by atoms with Crippen LogP contribution in [-0.2, 0) is 0 Å². The fraction of sp³-hybridized carbons (Fsp3) is 0.500. The molecule has 0 aliphatic rings. The van der Waals surface area contributed by atoms with Crippen molar-refractivity contribution in [3.63, 3.8) is 0 Å². The Bertz CT molecular complexity index is 274. The summed E-state index contributed by atoms with van der Waals surface area (Å²) in [5.74, 6) is 0.279. The van der Waals surface area contributed by atoms with Gasteiger partial charge in [0.15, 0.2) is 0 Å². The van der Waals surface area contributed by atoms with E-state index in [-0.39, 0.29) is 11.5 Å². The van der Waals surface area contributed by atoms with Gasteiger partial charge in [-0.05, 0) is 21.8 Å². The van der Waals surface area contributed by atoms with Gasteiger partial charge in [0.25, 0.3) is 0 Å². The van der Waals surface area contributed by atoms with Crippen molar-refractivity contribution >= 4 is 15.9 Å². The number of hydrogen-bond acceptors (Lipinski definition) is 2. The van der Waals surface area contributed by atoms with Gasteiger partial charge >= 0.3 is 5.63 Å². The predicted octanol–water partition coefficient (Wildman–Crippen LogP) is 1.85. The molecule has 1 N–H and O–H groups in total. The Morgan fingerprint density at radius 3 is 2.40 bits per heavy atom. The van der Waals surface area contributed by atoms with Crippen molar-refractivity contribution in [1.29, 1.82) is 0 Å². The van der Waals surface area contributed by atoms with E-state index in [4.69, 9.17) is 0 Å². The molecule has 0 saturated carbocycles. The molecule has 0 aliphatic carbocycles. The largest absolute Gasteiger partial charge is 0.371 e. The van der Waals surface area contributed by atoms with Gasteiger partial charge in [0.05, 0.1) is 5.69 Å². The molecule has 0 amide bonds. The number of aromatic amines is 1. The molecule has 0 atom stereocenters. The topological polar surface area (TPSA) is 46.0 Å². The Morgan fingerprint density at radius 1 is 1.60 bits per heavy atom. The standard InChI is InChI=1S/C6H8BrNO2/c1-3(2)5-4(7)6(9)10-8-5/h3,8H,1-2H3. The van der Waals surface area contributed by atoms with Gasteiger partial charge in [-0.3, -0.25) is 0 Å². The minimum atomic E-state index is -0.344. The number of aromatic nitrogens is 1. The minimum absolute atomic E-state index is 0.279. The molecule has 1 aromatic rings. The van der Waals surface area contributed by atoms with Gasteiger partial charge in [0, 0.05) is 0 Å². The lowest BCUT2D eigenvalue weighted by Crippen LogP contribution is -1.94. The summed E-state index contributed by atoms with van der Waals surface area (Å²) in [4.78, 5) is 10.7. The predicted molar refractivity (Wildman–Crippen MR) is 41.1 cm³/mol. The van der Waals surface area contributed by atoms with Crippen molar-refractivity contribution in [1.82, 2.24) is 5.16 Å². The number of hydrogen-bond donors (Lipinski definition) is 1. The van der Waals surface area contributed by atoms with Crippen molar-refractivity contribution in [2.24, 2.45) is 0 Å². The molecule has 0 bridgehead atoms. The molecule has 1 rings (SSSR count). The molecule has 0 fully saturated rings. The summed E-state index contributed by atoms with van der Waals surface area (Å²) in [6.45, 7) is 3.96. The van der Waals surface area contributed by atoms with E-state index in [1.165, 1.54) is 0 Å². The first kappa shape index (κ1) is 7.60. The zero-order chi connectivity index (χ0) is 7.72. The van der Waals surface area contributed by atoms with Gasteiger partial charge in [0.1, 0.15) is 4.47 Å². The monoisotopic (exact) mass is 205 g/mol. The van der Waals surface area contributed by atoms with E-state index in [1.54, 1.807) is 0 Å². The van der Waals surface area contributed by atoms with E-state index in [0.29, 0.717) is 4.47 Å². The van der Waals surface area contributed by atoms with E-state index in [2.05, 4.69) is 25.6 Å². The smallest absolute Gasteiger partial charge is 0.338 e. The summed E-state index contributed by atoms with van der Waals surface area (Å²) >= 11 is 3.11. The molecular weight excluding hydrogens is 198 g/mol. The summed E-state index contributed by atoms with van der Waals surface area (Å²) in [7, 11) is 0. The second-order valence-corrected chi connectivity index (χ2v) is 3.17. The summed E-state index contributed by atoms with van der Waals surface area (Å²) in [6.07, 6.45) is 0. The summed E-state index contributed by atoms with van der Waals surface area (Å²) < 4.78 is 5.03. The first-order valence-corrected chi connectivity index (χ1v) is 3.79. The molecular formula is C6H8BrNO2. The molecule has 0 aliphatic heterocycles. The molecule has 1 heterocycles. The van der Waals surface area contributed by atoms with E-state index in [0.717, 1.165) is 5.69 Å². The highest BCUT2D eigenvalue weighted by Gasteiger charge is 2.10. The molecule has 4 heteroatoms. The van der Waals surface area contributed by atoms with E-state index < -0.39 is 0 Å². The van der Waals surface area contributed by atoms with Crippen molar-refractivity contribution in [3.8, 4) is 0 Å². The third-order valence-electron chi connectivity index (χ3n) is 1.25. The maximum Gasteiger partial charge on any atom is 0.371 e. The van der Waals surface area contributed by atoms with Crippen LogP contribution in [0.15, 0.2) is 13.8 Å². The van der Waals surface area contributed by atoms with Gasteiger partial charge in [-0.25, -0.2) is 9.95 Å². The Labute approximate surface area is 66.5 Å². The summed E-state index contributed by atoms with van der Waals surface area (Å²) in [6, 6.07) is 0. The fourth-order valence-electron chi connectivity index (χ4n) is 0.672. The second-order valence-electron chi connectivity index (χ2n) is 2.37. The zero-order valence-corrected chi connectivity index (χ0v) is 7.36. The Balaban J connectivity index is 3.18. The van der Waals surface area contributed by atoms with Gasteiger partial charge in [-0.2, -0.15) is 0 Å². The number of H-pyrrole nitrogens is 1. The SMILES string of the molecule is CC(C)c1[nH]oc(=O)c1Br. The fourth-order valence-corrected chi connectivity index (χ4v) is 1.29. The first-order valence-electron chi connectivity index (χ1n) is 2.99. The molecule has 0 spiro atoms. The first-order chi connectivity index (χ1) is 4.63. The van der Waals surface area contributed by atoms with Crippen LogP contribution in [0.4, 0.5) is 0 Å². The summed E-state index contributed by atoms with van der Waals surface area (Å²) in [5, 5.41) is 2.54. The number of nitrogens with one attached hydrogen (secondary N) is 1. The molecule has 0 aromatic carbocycles. The van der Waals surface area contributed by atoms with Crippen LogP contribution in [0.3, 0.4) is 0 Å². The molecule has 0 saturated heterocycles. The van der Waals surface area contributed by atoms with Gasteiger partial charge in [0.2, 0.25) is 0 Å². The van der Waals surface area contributed by atoms with Crippen LogP contribution in [-0.4, -0.2) is 5.16 Å². The van der Waals surface area contributed by atoms with Gasteiger partial charge in [-0.15, -0.1) is 0 Å². The lowest BCUT2D eigenvalue weighted by atomic mass is 10.1. The van der Waals surface area contributed by atoms with E-state index in [9.17, 15) is 4.79 Å². The van der Waals surface area contributed by atoms with Crippen molar-refractivity contribution in [2.75, 3.05) is 0 Å². The van der Waals surface area contributed by atoms with Crippen LogP contribution in [0.5, 0.6) is 0 Å². The molecule has 1 aromatic heterocycles. The van der Waals surface area contributed by atoms with Crippen LogP contribution in [0.2, 0.25) is 0 Å². The molecule has 56 valence electrons. The van der Waals surface area contributed by atoms with Crippen molar-refractivity contribution in [3.05, 3.63) is 20.6 Å². The molecule has 0 unspecified atom stereocenters. The normalized spacial score (nSPS) is 10.8. The van der Waals surface area contributed by atoms with E-state index >= 15 is 0 Å². The lowest BCUT2D eigenvalue weighted by molar-refractivity contribution is 0.382. The second kappa shape index (κ2) is 2.62. The molecule has 10 heavy (non-hydrogen) atoms. The quantitative estimate of drug-likeness (QED) is 0.761. The highest BCUT2D eigenvalue weighted by molar-refractivity contribution is 9.10. The van der Waals surface area contributed by atoms with Crippen LogP contribution >= 0.6 is 15.9 Å². The van der Waals surface area contributed by atoms with E-state index in [1.807, 2.05) is 13.8 Å². The van der Waals surface area contributed by atoms with Crippen LogP contribution in [0.1, 0.15) is 25.5 Å². The maximum atomic E-state index is 10.7. The average Bonchev–Trinajstić information content (AvgIpc) is 2.14. The third-order valence-corrected chi connectivity index (χ3v) is 2.00. The summed E-state index contributed by atoms with van der Waals surface area (Å²) in [5.41, 5.74) is 0.466. The maximum absolute atomic E-state index is 10.7. The number of halogens is 1. The molecule has 3 nitrogen and oxygen atoms in total. The average molecular weight is 206 g/mol. The van der Waals surface area contributed by atoms with Gasteiger partial charge in [-0.1, -0.05) is 13.8 Å². The molecule has 0 radical (unpaired) electrons. The van der Waals surface area contributed by atoms with Crippen LogP contribution in [0.25, 0.3) is 0 Å². The minimum Gasteiger partial charge on any atom is -0.338 e. The highest BCUT2D eigenvalue weighted by Crippen LogP contribution is 2.18. The number of rotatable bonds is 1. The van der Waals surface area contributed by atoms with Gasteiger partial charge < -0.3 is 4.52 Å². The zero-order valence-electron chi connectivity index (χ0n) is 5.77. The van der Waals surface area contributed by atoms with Crippen molar-refractivity contribution < 1.29 is 4.52 Å². The Kier molecular flexibility index (Phi) is 1.99. The Morgan fingerprint density at radius 2 is 2.20 bits per heavy atom. The highest BCUT2D eigenvalue weighted by atomic mass is 79.9. The Hall–Kier alpha value is -0.510. The third kappa shape index (κ3) is 1.16. The van der Waals surface area contributed by atoms with Crippen molar-refractivity contribution in [2.45, 2.75) is 19.8 Å². The lowest BCUT2D eigenvalue weighted by Gasteiger charge is -1.97. The van der Waals surface area contributed by atoms with Crippen LogP contribution < -0.4 is 5.63 Å².